The number of benzene rings is 1. The zero-order valence-electron chi connectivity index (χ0n) is 11.3. The van der Waals surface area contributed by atoms with Gasteiger partial charge in [0.1, 0.15) is 0 Å². The highest BCUT2D eigenvalue weighted by Gasteiger charge is 2.37. The van der Waals surface area contributed by atoms with E-state index in [0.29, 0.717) is 18.6 Å². The van der Waals surface area contributed by atoms with Gasteiger partial charge in [-0.15, -0.1) is 0 Å². The molecule has 0 fully saturated rings. The molecule has 0 atom stereocenters. The quantitative estimate of drug-likeness (QED) is 0.807. The molecule has 0 heterocycles. The lowest BCUT2D eigenvalue weighted by Crippen LogP contribution is -2.18. The highest BCUT2D eigenvalue weighted by molar-refractivity contribution is 7.92. The first-order chi connectivity index (χ1) is 9.85. The summed E-state index contributed by atoms with van der Waals surface area (Å²) in [6, 6.07) is 0.599. The Morgan fingerprint density at radius 3 is 1.77 bits per heavy atom. The summed E-state index contributed by atoms with van der Waals surface area (Å²) >= 11 is 0. The lowest BCUT2D eigenvalue weighted by Gasteiger charge is -2.15. The molecule has 0 aliphatic carbocycles. The summed E-state index contributed by atoms with van der Waals surface area (Å²) in [7, 11) is -4.01. The Hall–Kier alpha value is -1.45. The maximum atomic E-state index is 12.6. The summed E-state index contributed by atoms with van der Waals surface area (Å²) in [6.45, 7) is 1.70. The van der Waals surface area contributed by atoms with Gasteiger partial charge >= 0.3 is 12.4 Å². The van der Waals surface area contributed by atoms with Crippen molar-refractivity contribution in [3.05, 3.63) is 29.3 Å². The minimum Gasteiger partial charge on any atom is -0.284 e. The molecule has 126 valence electrons. The van der Waals surface area contributed by atoms with Crippen LogP contribution in [0, 0.1) is 0 Å². The molecule has 1 rings (SSSR count). The van der Waals surface area contributed by atoms with Gasteiger partial charge in [-0.05, 0) is 24.6 Å². The Balaban J connectivity index is 3.25. The molecule has 0 saturated heterocycles. The van der Waals surface area contributed by atoms with E-state index in [9.17, 15) is 34.8 Å². The van der Waals surface area contributed by atoms with Crippen LogP contribution < -0.4 is 4.72 Å². The van der Waals surface area contributed by atoms with Crippen molar-refractivity contribution < 1.29 is 34.8 Å². The van der Waals surface area contributed by atoms with Crippen molar-refractivity contribution in [2.75, 3.05) is 10.5 Å². The molecule has 1 aromatic rings. The van der Waals surface area contributed by atoms with Gasteiger partial charge in [0.05, 0.1) is 16.9 Å². The van der Waals surface area contributed by atoms with Crippen LogP contribution in [0.2, 0.25) is 0 Å². The summed E-state index contributed by atoms with van der Waals surface area (Å²) in [5, 5.41) is 0. The third kappa shape index (κ3) is 5.39. The predicted molar refractivity (Wildman–Crippen MR) is 68.8 cm³/mol. The Bertz CT molecular complexity index is 589. The monoisotopic (exact) mass is 349 g/mol. The predicted octanol–water partition coefficient (Wildman–Crippen LogP) is 4.27. The molecule has 0 aliphatic heterocycles. The molecule has 0 spiro atoms. The molecular formula is C12H13F6NO2S. The van der Waals surface area contributed by atoms with Crippen LogP contribution in [0.3, 0.4) is 0 Å². The van der Waals surface area contributed by atoms with Gasteiger partial charge in [-0.1, -0.05) is 13.3 Å². The highest BCUT2D eigenvalue weighted by Crippen LogP contribution is 2.37. The van der Waals surface area contributed by atoms with E-state index in [2.05, 4.69) is 0 Å². The van der Waals surface area contributed by atoms with Crippen LogP contribution in [-0.4, -0.2) is 14.2 Å². The zero-order valence-corrected chi connectivity index (χ0v) is 12.2. The minimum absolute atomic E-state index is 0.0656. The smallest absolute Gasteiger partial charge is 0.284 e. The molecule has 0 saturated carbocycles. The van der Waals surface area contributed by atoms with Crippen LogP contribution in [-0.2, 0) is 22.4 Å². The second-order valence-corrected chi connectivity index (χ2v) is 6.41. The van der Waals surface area contributed by atoms with E-state index in [1.165, 1.54) is 0 Å². The van der Waals surface area contributed by atoms with Crippen LogP contribution in [0.25, 0.3) is 0 Å². The third-order valence-corrected chi connectivity index (χ3v) is 4.00. The van der Waals surface area contributed by atoms with Gasteiger partial charge in [0.25, 0.3) is 0 Å². The molecule has 0 bridgehead atoms. The molecule has 1 N–H and O–H groups in total. The third-order valence-electron chi connectivity index (χ3n) is 2.63. The van der Waals surface area contributed by atoms with Gasteiger partial charge in [0.15, 0.2) is 0 Å². The average molecular weight is 349 g/mol. The molecular weight excluding hydrogens is 336 g/mol. The van der Waals surface area contributed by atoms with E-state index >= 15 is 0 Å². The van der Waals surface area contributed by atoms with Crippen molar-refractivity contribution in [1.82, 2.24) is 0 Å². The van der Waals surface area contributed by atoms with Crippen molar-refractivity contribution in [3.63, 3.8) is 0 Å². The summed E-state index contributed by atoms with van der Waals surface area (Å²) in [6.07, 6.45) is -9.30. The summed E-state index contributed by atoms with van der Waals surface area (Å²) in [4.78, 5) is 0. The fourth-order valence-corrected chi connectivity index (χ4v) is 2.83. The van der Waals surface area contributed by atoms with Gasteiger partial charge in [-0.2, -0.15) is 26.3 Å². The Labute approximate surface area is 123 Å². The molecule has 1 aromatic carbocycles. The van der Waals surface area contributed by atoms with Gasteiger partial charge < -0.3 is 0 Å². The molecule has 0 aromatic heterocycles. The number of halogens is 6. The lowest BCUT2D eigenvalue weighted by atomic mass is 10.1. The number of hydrogen-bond acceptors (Lipinski definition) is 2. The second-order valence-electron chi connectivity index (χ2n) is 4.57. The Morgan fingerprint density at radius 1 is 0.955 bits per heavy atom. The minimum atomic E-state index is -5.02. The summed E-state index contributed by atoms with van der Waals surface area (Å²) in [5.74, 6) is -0.388. The second kappa shape index (κ2) is 6.35. The van der Waals surface area contributed by atoms with Gasteiger partial charge in [0.2, 0.25) is 10.0 Å². The van der Waals surface area contributed by atoms with E-state index in [1.807, 2.05) is 0 Å². The fourth-order valence-electron chi connectivity index (χ4n) is 1.58. The number of anilines is 1. The SMILES string of the molecule is CCCCS(=O)(=O)Nc1cc(C(F)(F)F)cc(C(F)(F)F)c1. The summed E-state index contributed by atoms with van der Waals surface area (Å²) in [5.41, 5.74) is -3.91. The molecule has 3 nitrogen and oxygen atoms in total. The van der Waals surface area contributed by atoms with Gasteiger partial charge in [-0.3, -0.25) is 4.72 Å². The van der Waals surface area contributed by atoms with Crippen molar-refractivity contribution in [2.45, 2.75) is 32.1 Å². The highest BCUT2D eigenvalue weighted by atomic mass is 32.2. The maximum absolute atomic E-state index is 12.6. The average Bonchev–Trinajstić information content (AvgIpc) is 2.33. The van der Waals surface area contributed by atoms with Crippen molar-refractivity contribution in [1.29, 1.82) is 0 Å². The largest absolute Gasteiger partial charge is 0.416 e. The number of unbranched alkanes of at least 4 members (excludes halogenated alkanes) is 1. The molecule has 0 aliphatic rings. The first-order valence-corrected chi connectivity index (χ1v) is 7.80. The molecule has 0 unspecified atom stereocenters. The van der Waals surface area contributed by atoms with Crippen LogP contribution in [0.5, 0.6) is 0 Å². The van der Waals surface area contributed by atoms with E-state index in [1.54, 1.807) is 11.6 Å². The van der Waals surface area contributed by atoms with Crippen LogP contribution in [0.15, 0.2) is 18.2 Å². The van der Waals surface area contributed by atoms with Crippen LogP contribution >= 0.6 is 0 Å². The van der Waals surface area contributed by atoms with E-state index < -0.39 is 39.2 Å². The number of sulfonamides is 1. The maximum Gasteiger partial charge on any atom is 0.416 e. The standard InChI is InChI=1S/C12H13F6NO2S/c1-2-3-4-22(20,21)19-10-6-8(11(13,14)15)5-9(7-10)12(16,17)18/h5-7,19H,2-4H2,1H3. The van der Waals surface area contributed by atoms with Crippen molar-refractivity contribution in [2.24, 2.45) is 0 Å². The number of hydrogen-bond donors (Lipinski definition) is 1. The first-order valence-electron chi connectivity index (χ1n) is 6.15. The van der Waals surface area contributed by atoms with Crippen molar-refractivity contribution >= 4 is 15.7 Å². The number of rotatable bonds is 5. The van der Waals surface area contributed by atoms with E-state index in [0.717, 1.165) is 0 Å². The van der Waals surface area contributed by atoms with Gasteiger partial charge in [0, 0.05) is 5.69 Å². The Kier molecular flexibility index (Phi) is 5.37. The molecule has 22 heavy (non-hydrogen) atoms. The van der Waals surface area contributed by atoms with E-state index in [-0.39, 0.29) is 18.2 Å². The normalized spacial score (nSPS) is 13.2. The van der Waals surface area contributed by atoms with E-state index in [4.69, 9.17) is 0 Å². The topological polar surface area (TPSA) is 46.2 Å². The van der Waals surface area contributed by atoms with Crippen LogP contribution in [0.1, 0.15) is 30.9 Å². The fraction of sp³-hybridized carbons (Fsp3) is 0.500. The lowest BCUT2D eigenvalue weighted by molar-refractivity contribution is -0.143. The molecule has 0 amide bonds. The molecule has 10 heteroatoms. The molecule has 0 radical (unpaired) electrons. The van der Waals surface area contributed by atoms with Crippen LogP contribution in [0.4, 0.5) is 32.0 Å². The first kappa shape index (κ1) is 18.6. The van der Waals surface area contributed by atoms with Gasteiger partial charge in [-0.25, -0.2) is 8.42 Å². The van der Waals surface area contributed by atoms with Crippen molar-refractivity contribution in [3.8, 4) is 0 Å². The number of alkyl halides is 6. The zero-order chi connectivity index (χ0) is 17.2. The Morgan fingerprint density at radius 2 is 1.41 bits per heavy atom. The number of nitrogens with one attached hydrogen (secondary N) is 1. The summed E-state index contributed by atoms with van der Waals surface area (Å²) < 4.78 is 101.